The number of sulfonamides is 1. The molecule has 0 saturated heterocycles. The molecule has 0 radical (unpaired) electrons. The summed E-state index contributed by atoms with van der Waals surface area (Å²) in [6.07, 6.45) is 0. The van der Waals surface area contributed by atoms with Crippen LogP contribution in [0.2, 0.25) is 0 Å². The lowest BCUT2D eigenvalue weighted by atomic mass is 10.2. The van der Waals surface area contributed by atoms with Gasteiger partial charge in [-0.15, -0.1) is 0 Å². The van der Waals surface area contributed by atoms with Crippen LogP contribution in [0.15, 0.2) is 53.4 Å². The van der Waals surface area contributed by atoms with Crippen LogP contribution in [0.1, 0.15) is 15.9 Å². The molecule has 0 atom stereocenters. The molecule has 0 saturated carbocycles. The number of carbonyl (C=O) groups is 1. The average molecular weight is 310 g/mol. The maximum absolute atomic E-state index is 12.3. The van der Waals surface area contributed by atoms with E-state index < -0.39 is 15.3 Å². The van der Waals surface area contributed by atoms with Gasteiger partial charge in [0.05, 0.1) is 16.1 Å². The van der Waals surface area contributed by atoms with Gasteiger partial charge in [0.1, 0.15) is 0 Å². The van der Waals surface area contributed by atoms with Crippen LogP contribution in [-0.2, 0) is 10.0 Å². The molecule has 0 unspecified atom stereocenters. The summed E-state index contributed by atoms with van der Waals surface area (Å²) < 4.78 is 27.1. The van der Waals surface area contributed by atoms with Crippen molar-refractivity contribution in [3.63, 3.8) is 0 Å². The molecule has 4 nitrogen and oxygen atoms in total. The number of hydrogen-bond acceptors (Lipinski definition) is 3. The number of anilines is 1. The summed E-state index contributed by atoms with van der Waals surface area (Å²) in [5.41, 5.74) is 0.900. The van der Waals surface area contributed by atoms with Crippen LogP contribution in [0.3, 0.4) is 0 Å². The minimum atomic E-state index is -3.76. The highest BCUT2D eigenvalue weighted by atomic mass is 35.5. The molecule has 0 spiro atoms. The third-order valence-corrected chi connectivity index (χ3v) is 4.50. The number of halogens is 1. The Balaban J connectivity index is 2.45. The predicted octanol–water partition coefficient (Wildman–Crippen LogP) is 3.17. The van der Waals surface area contributed by atoms with Crippen molar-refractivity contribution in [1.82, 2.24) is 0 Å². The van der Waals surface area contributed by atoms with Crippen molar-refractivity contribution < 1.29 is 13.2 Å². The van der Waals surface area contributed by atoms with Gasteiger partial charge < -0.3 is 0 Å². The molecule has 0 aromatic heterocycles. The van der Waals surface area contributed by atoms with E-state index in [0.29, 0.717) is 5.56 Å². The van der Waals surface area contributed by atoms with Gasteiger partial charge in [-0.1, -0.05) is 30.3 Å². The van der Waals surface area contributed by atoms with Gasteiger partial charge in [0.2, 0.25) is 0 Å². The topological polar surface area (TPSA) is 63.2 Å². The minimum Gasteiger partial charge on any atom is -0.279 e. The van der Waals surface area contributed by atoms with E-state index in [4.69, 9.17) is 11.6 Å². The Hall–Kier alpha value is -1.85. The first-order valence-corrected chi connectivity index (χ1v) is 7.65. The van der Waals surface area contributed by atoms with Crippen LogP contribution in [0.25, 0.3) is 0 Å². The quantitative estimate of drug-likeness (QED) is 0.882. The van der Waals surface area contributed by atoms with Gasteiger partial charge in [0.25, 0.3) is 15.3 Å². The van der Waals surface area contributed by atoms with E-state index >= 15 is 0 Å². The summed E-state index contributed by atoms with van der Waals surface area (Å²) >= 11 is 5.44. The van der Waals surface area contributed by atoms with Crippen LogP contribution in [0, 0.1) is 6.92 Å². The van der Waals surface area contributed by atoms with Crippen molar-refractivity contribution in [2.24, 2.45) is 0 Å². The predicted molar refractivity (Wildman–Crippen MR) is 78.6 cm³/mol. The Labute approximate surface area is 122 Å². The molecular formula is C14H12ClNO3S. The van der Waals surface area contributed by atoms with E-state index in [1.165, 1.54) is 18.2 Å². The van der Waals surface area contributed by atoms with Crippen molar-refractivity contribution in [1.29, 1.82) is 0 Å². The molecule has 2 rings (SSSR count). The van der Waals surface area contributed by atoms with Gasteiger partial charge in [-0.25, -0.2) is 8.42 Å². The molecule has 0 aliphatic rings. The van der Waals surface area contributed by atoms with E-state index in [0.717, 1.165) is 0 Å². The van der Waals surface area contributed by atoms with Crippen molar-refractivity contribution in [3.8, 4) is 0 Å². The van der Waals surface area contributed by atoms with Crippen molar-refractivity contribution in [2.45, 2.75) is 11.8 Å². The standard InChI is InChI=1S/C14H12ClNO3S/c1-10-6-2-5-9-13(10)20(18,19)16-12-8-4-3-7-11(12)14(15)17/h2-9,16H,1H3. The Kier molecular flexibility index (Phi) is 4.11. The molecule has 2 aromatic carbocycles. The zero-order valence-corrected chi connectivity index (χ0v) is 12.2. The molecule has 20 heavy (non-hydrogen) atoms. The first-order valence-electron chi connectivity index (χ1n) is 5.79. The maximum atomic E-state index is 12.3. The van der Waals surface area contributed by atoms with Crippen molar-refractivity contribution in [2.75, 3.05) is 4.72 Å². The van der Waals surface area contributed by atoms with Gasteiger partial charge in [0, 0.05) is 0 Å². The van der Waals surface area contributed by atoms with Gasteiger partial charge in [0.15, 0.2) is 0 Å². The molecule has 0 heterocycles. The van der Waals surface area contributed by atoms with Crippen LogP contribution in [-0.4, -0.2) is 13.7 Å². The van der Waals surface area contributed by atoms with Gasteiger partial charge >= 0.3 is 0 Å². The highest BCUT2D eigenvalue weighted by Gasteiger charge is 2.19. The first-order chi connectivity index (χ1) is 9.42. The number of para-hydroxylation sites is 1. The summed E-state index contributed by atoms with van der Waals surface area (Å²) in [5.74, 6) is 0. The molecule has 0 aliphatic carbocycles. The SMILES string of the molecule is Cc1ccccc1S(=O)(=O)Nc1ccccc1C(=O)Cl. The van der Waals surface area contributed by atoms with Crippen LogP contribution >= 0.6 is 11.6 Å². The molecule has 6 heteroatoms. The zero-order valence-electron chi connectivity index (χ0n) is 10.6. The van der Waals surface area contributed by atoms with E-state index in [9.17, 15) is 13.2 Å². The Morgan fingerprint density at radius 2 is 1.65 bits per heavy atom. The third-order valence-electron chi connectivity index (χ3n) is 2.77. The third kappa shape index (κ3) is 3.00. The van der Waals surface area contributed by atoms with E-state index in [1.54, 1.807) is 37.3 Å². The van der Waals surface area contributed by atoms with Crippen LogP contribution in [0.4, 0.5) is 5.69 Å². The average Bonchev–Trinajstić information content (AvgIpc) is 2.39. The number of benzene rings is 2. The fourth-order valence-electron chi connectivity index (χ4n) is 1.80. The fourth-order valence-corrected chi connectivity index (χ4v) is 3.29. The van der Waals surface area contributed by atoms with E-state index in [2.05, 4.69) is 4.72 Å². The summed E-state index contributed by atoms with van der Waals surface area (Å²) in [7, 11) is -3.76. The molecule has 0 aliphatic heterocycles. The fraction of sp³-hybridized carbons (Fsp3) is 0.0714. The molecule has 1 N–H and O–H groups in total. The Morgan fingerprint density at radius 3 is 2.30 bits per heavy atom. The normalized spacial score (nSPS) is 11.1. The molecule has 0 fully saturated rings. The second kappa shape index (κ2) is 5.64. The summed E-state index contributed by atoms with van der Waals surface area (Å²) in [4.78, 5) is 11.4. The van der Waals surface area contributed by atoms with Crippen molar-refractivity contribution in [3.05, 3.63) is 59.7 Å². The number of aryl methyl sites for hydroxylation is 1. The van der Waals surface area contributed by atoms with Crippen LogP contribution < -0.4 is 4.72 Å². The summed E-state index contributed by atoms with van der Waals surface area (Å²) in [6.45, 7) is 1.70. The summed E-state index contributed by atoms with van der Waals surface area (Å²) in [5, 5.41) is -0.715. The van der Waals surface area contributed by atoms with E-state index in [-0.39, 0.29) is 16.1 Å². The number of hydrogen-bond donors (Lipinski definition) is 1. The van der Waals surface area contributed by atoms with Crippen LogP contribution in [0.5, 0.6) is 0 Å². The second-order valence-electron chi connectivity index (χ2n) is 4.19. The van der Waals surface area contributed by atoms with Gasteiger partial charge in [-0.3, -0.25) is 9.52 Å². The Morgan fingerprint density at radius 1 is 1.05 bits per heavy atom. The smallest absolute Gasteiger partial charge is 0.262 e. The number of carbonyl (C=O) groups excluding carboxylic acids is 1. The van der Waals surface area contributed by atoms with Gasteiger partial charge in [-0.05, 0) is 42.3 Å². The minimum absolute atomic E-state index is 0.117. The first kappa shape index (κ1) is 14.6. The highest BCUT2D eigenvalue weighted by Crippen LogP contribution is 2.22. The second-order valence-corrected chi connectivity index (χ2v) is 6.18. The summed E-state index contributed by atoms with van der Waals surface area (Å²) in [6, 6.07) is 12.8. The molecule has 104 valence electrons. The maximum Gasteiger partial charge on any atom is 0.262 e. The number of nitrogens with one attached hydrogen (secondary N) is 1. The van der Waals surface area contributed by atoms with Crippen molar-refractivity contribution >= 4 is 32.6 Å². The lowest BCUT2D eigenvalue weighted by molar-refractivity contribution is 0.108. The highest BCUT2D eigenvalue weighted by molar-refractivity contribution is 7.92. The lowest BCUT2D eigenvalue weighted by Crippen LogP contribution is -2.15. The number of rotatable bonds is 4. The molecule has 2 aromatic rings. The monoisotopic (exact) mass is 309 g/mol. The Bertz CT molecular complexity index is 757. The largest absolute Gasteiger partial charge is 0.279 e. The molecule has 0 amide bonds. The van der Waals surface area contributed by atoms with Gasteiger partial charge in [-0.2, -0.15) is 0 Å². The molecular weight excluding hydrogens is 298 g/mol. The van der Waals surface area contributed by atoms with E-state index in [1.807, 2.05) is 0 Å². The lowest BCUT2D eigenvalue weighted by Gasteiger charge is -2.12. The molecule has 0 bridgehead atoms. The zero-order chi connectivity index (χ0) is 14.8.